The summed E-state index contributed by atoms with van der Waals surface area (Å²) in [6, 6.07) is 4.47. The Morgan fingerprint density at radius 3 is 2.76 bits per heavy atom. The van der Waals surface area contributed by atoms with Crippen LogP contribution in [-0.2, 0) is 13.2 Å². The molecule has 1 aromatic heterocycles. The summed E-state index contributed by atoms with van der Waals surface area (Å²) in [6.07, 6.45) is -0.702. The van der Waals surface area contributed by atoms with Gasteiger partial charge in [0.15, 0.2) is 11.6 Å². The van der Waals surface area contributed by atoms with E-state index in [0.29, 0.717) is 12.1 Å². The molecule has 0 amide bonds. The molecular weight excluding hydrogens is 339 g/mol. The molecule has 6 heteroatoms. The fourth-order valence-corrected chi connectivity index (χ4v) is 2.45. The lowest BCUT2D eigenvalue weighted by Crippen LogP contribution is -2.07. The molecule has 0 unspecified atom stereocenters. The molecule has 0 radical (unpaired) electrons. The first kappa shape index (κ1) is 16.0. The van der Waals surface area contributed by atoms with Crippen LogP contribution in [0, 0.1) is 12.7 Å². The standard InChI is InChI=1S/C15H18BrFN2O2/c1-4-19-13(15(16)9(2)18-19)8-21-14-6-5-11(10(3)20)7-12(14)17/h5-7,10,20H,4,8H2,1-3H3/t10-/m0/s1. The molecule has 0 aliphatic carbocycles. The van der Waals surface area contributed by atoms with Crippen molar-refractivity contribution in [2.75, 3.05) is 0 Å². The molecule has 0 fully saturated rings. The number of halogens is 2. The molecule has 2 rings (SSSR count). The summed E-state index contributed by atoms with van der Waals surface area (Å²) in [7, 11) is 0. The highest BCUT2D eigenvalue weighted by Crippen LogP contribution is 2.25. The van der Waals surface area contributed by atoms with Crippen LogP contribution in [0.3, 0.4) is 0 Å². The molecule has 0 spiro atoms. The van der Waals surface area contributed by atoms with Gasteiger partial charge in [-0.1, -0.05) is 6.07 Å². The second kappa shape index (κ2) is 6.58. The number of rotatable bonds is 5. The summed E-state index contributed by atoms with van der Waals surface area (Å²) in [5, 5.41) is 13.8. The van der Waals surface area contributed by atoms with Crippen molar-refractivity contribution >= 4 is 15.9 Å². The largest absolute Gasteiger partial charge is 0.484 e. The molecule has 21 heavy (non-hydrogen) atoms. The van der Waals surface area contributed by atoms with Gasteiger partial charge in [0.25, 0.3) is 0 Å². The minimum Gasteiger partial charge on any atom is -0.484 e. The van der Waals surface area contributed by atoms with Crippen LogP contribution in [0.25, 0.3) is 0 Å². The number of aliphatic hydroxyl groups is 1. The molecule has 0 saturated carbocycles. The third-order valence-electron chi connectivity index (χ3n) is 3.26. The van der Waals surface area contributed by atoms with Crippen molar-refractivity contribution in [1.82, 2.24) is 9.78 Å². The van der Waals surface area contributed by atoms with E-state index in [1.54, 1.807) is 13.0 Å². The van der Waals surface area contributed by atoms with Crippen LogP contribution < -0.4 is 4.74 Å². The van der Waals surface area contributed by atoms with E-state index in [1.807, 2.05) is 18.5 Å². The highest BCUT2D eigenvalue weighted by atomic mass is 79.9. The van der Waals surface area contributed by atoms with Gasteiger partial charge in [-0.05, 0) is 54.4 Å². The number of benzene rings is 1. The fraction of sp³-hybridized carbons (Fsp3) is 0.400. The van der Waals surface area contributed by atoms with Gasteiger partial charge in [0.05, 0.1) is 22.0 Å². The zero-order chi connectivity index (χ0) is 15.6. The van der Waals surface area contributed by atoms with Gasteiger partial charge in [-0.3, -0.25) is 4.68 Å². The summed E-state index contributed by atoms with van der Waals surface area (Å²) in [5.74, 6) is -0.323. The van der Waals surface area contributed by atoms with Gasteiger partial charge in [-0.25, -0.2) is 4.39 Å². The number of hydrogen-bond donors (Lipinski definition) is 1. The molecule has 0 saturated heterocycles. The highest BCUT2D eigenvalue weighted by molar-refractivity contribution is 9.10. The predicted molar refractivity (Wildman–Crippen MR) is 81.7 cm³/mol. The van der Waals surface area contributed by atoms with Crippen molar-refractivity contribution in [2.24, 2.45) is 0 Å². The Morgan fingerprint density at radius 2 is 2.19 bits per heavy atom. The van der Waals surface area contributed by atoms with Crippen LogP contribution in [0.2, 0.25) is 0 Å². The maximum absolute atomic E-state index is 13.9. The summed E-state index contributed by atoms with van der Waals surface area (Å²) >= 11 is 3.47. The van der Waals surface area contributed by atoms with Crippen molar-refractivity contribution in [1.29, 1.82) is 0 Å². The van der Waals surface area contributed by atoms with Crippen LogP contribution in [0.5, 0.6) is 5.75 Å². The Balaban J connectivity index is 2.17. The van der Waals surface area contributed by atoms with Gasteiger partial charge in [-0.2, -0.15) is 5.10 Å². The lowest BCUT2D eigenvalue weighted by molar-refractivity contribution is 0.198. The smallest absolute Gasteiger partial charge is 0.165 e. The van der Waals surface area contributed by atoms with E-state index in [0.717, 1.165) is 15.9 Å². The average Bonchev–Trinajstić information content (AvgIpc) is 2.72. The molecule has 1 atom stereocenters. The highest BCUT2D eigenvalue weighted by Gasteiger charge is 2.14. The Hall–Kier alpha value is -1.40. The van der Waals surface area contributed by atoms with Gasteiger partial charge in [0.2, 0.25) is 0 Å². The molecule has 114 valence electrons. The molecule has 0 aliphatic rings. The van der Waals surface area contributed by atoms with Gasteiger partial charge in [-0.15, -0.1) is 0 Å². The summed E-state index contributed by atoms with van der Waals surface area (Å²) < 4.78 is 22.2. The molecule has 0 aliphatic heterocycles. The number of ether oxygens (including phenoxy) is 1. The first-order valence-electron chi connectivity index (χ1n) is 6.76. The van der Waals surface area contributed by atoms with E-state index in [4.69, 9.17) is 4.74 Å². The minimum absolute atomic E-state index is 0.160. The van der Waals surface area contributed by atoms with Gasteiger partial charge >= 0.3 is 0 Å². The van der Waals surface area contributed by atoms with Crippen LogP contribution in [-0.4, -0.2) is 14.9 Å². The van der Waals surface area contributed by atoms with E-state index in [9.17, 15) is 9.50 Å². The van der Waals surface area contributed by atoms with E-state index in [-0.39, 0.29) is 12.4 Å². The number of hydrogen-bond acceptors (Lipinski definition) is 3. The van der Waals surface area contributed by atoms with Crippen LogP contribution in [0.15, 0.2) is 22.7 Å². The Kier molecular flexibility index (Phi) is 5.00. The van der Waals surface area contributed by atoms with Crippen molar-refractivity contribution < 1.29 is 14.2 Å². The number of nitrogens with zero attached hydrogens (tertiary/aromatic N) is 2. The maximum Gasteiger partial charge on any atom is 0.165 e. The summed E-state index contributed by atoms with van der Waals surface area (Å²) in [4.78, 5) is 0. The lowest BCUT2D eigenvalue weighted by Gasteiger charge is -2.11. The molecule has 1 N–H and O–H groups in total. The summed E-state index contributed by atoms with van der Waals surface area (Å²) in [5.41, 5.74) is 2.27. The first-order chi connectivity index (χ1) is 9.93. The van der Waals surface area contributed by atoms with Crippen LogP contribution in [0.1, 0.15) is 36.9 Å². The number of aliphatic hydroxyl groups excluding tert-OH is 1. The van der Waals surface area contributed by atoms with E-state index >= 15 is 0 Å². The zero-order valence-corrected chi connectivity index (χ0v) is 13.8. The predicted octanol–water partition coefficient (Wildman–Crippen LogP) is 3.75. The van der Waals surface area contributed by atoms with Crippen molar-refractivity contribution in [3.05, 3.63) is 45.4 Å². The fourth-order valence-electron chi connectivity index (χ4n) is 2.05. The van der Waals surface area contributed by atoms with Gasteiger partial charge in [0.1, 0.15) is 6.61 Å². The zero-order valence-electron chi connectivity index (χ0n) is 12.2. The monoisotopic (exact) mass is 356 g/mol. The minimum atomic E-state index is -0.702. The second-order valence-electron chi connectivity index (χ2n) is 4.82. The molecule has 0 bridgehead atoms. The normalized spacial score (nSPS) is 12.5. The third-order valence-corrected chi connectivity index (χ3v) is 4.29. The second-order valence-corrected chi connectivity index (χ2v) is 5.61. The third kappa shape index (κ3) is 3.44. The lowest BCUT2D eigenvalue weighted by atomic mass is 10.1. The van der Waals surface area contributed by atoms with Crippen molar-refractivity contribution in [3.8, 4) is 5.75 Å². The van der Waals surface area contributed by atoms with Crippen LogP contribution >= 0.6 is 15.9 Å². The Bertz CT molecular complexity index is 641. The maximum atomic E-state index is 13.9. The van der Waals surface area contributed by atoms with E-state index in [1.165, 1.54) is 12.1 Å². The molecule has 1 heterocycles. The Morgan fingerprint density at radius 1 is 1.48 bits per heavy atom. The summed E-state index contributed by atoms with van der Waals surface area (Å²) in [6.45, 7) is 6.42. The quantitative estimate of drug-likeness (QED) is 0.887. The van der Waals surface area contributed by atoms with Gasteiger partial charge in [0, 0.05) is 6.54 Å². The number of aromatic nitrogens is 2. The Labute approximate surface area is 131 Å². The molecule has 4 nitrogen and oxygen atoms in total. The van der Waals surface area contributed by atoms with Gasteiger partial charge < -0.3 is 9.84 Å². The van der Waals surface area contributed by atoms with E-state index in [2.05, 4.69) is 21.0 Å². The molecule has 1 aromatic carbocycles. The van der Waals surface area contributed by atoms with Crippen molar-refractivity contribution in [2.45, 2.75) is 40.0 Å². The van der Waals surface area contributed by atoms with Crippen LogP contribution in [0.4, 0.5) is 4.39 Å². The SMILES string of the molecule is CCn1nc(C)c(Br)c1COc1ccc([C@H](C)O)cc1F. The molecular formula is C15H18BrFN2O2. The average molecular weight is 357 g/mol. The number of aryl methyl sites for hydroxylation is 2. The van der Waals surface area contributed by atoms with E-state index < -0.39 is 11.9 Å². The first-order valence-corrected chi connectivity index (χ1v) is 7.55. The van der Waals surface area contributed by atoms with Crippen molar-refractivity contribution in [3.63, 3.8) is 0 Å². The molecule has 2 aromatic rings. The topological polar surface area (TPSA) is 47.3 Å².